The van der Waals surface area contributed by atoms with Gasteiger partial charge in [-0.1, -0.05) is 17.7 Å². The smallest absolute Gasteiger partial charge is 0.225 e. The van der Waals surface area contributed by atoms with Gasteiger partial charge in [-0.2, -0.15) is 0 Å². The third-order valence-electron chi connectivity index (χ3n) is 6.77. The zero-order valence-corrected chi connectivity index (χ0v) is 19.3. The first-order valence-electron chi connectivity index (χ1n) is 11.7. The van der Waals surface area contributed by atoms with E-state index < -0.39 is 12.1 Å². The van der Waals surface area contributed by atoms with E-state index in [2.05, 4.69) is 15.1 Å². The highest BCUT2D eigenvalue weighted by atomic mass is 35.5. The molecule has 2 aromatic rings. The first-order valence-corrected chi connectivity index (χ1v) is 12.1. The van der Waals surface area contributed by atoms with Gasteiger partial charge in [-0.25, -0.2) is 0 Å². The maximum absolute atomic E-state index is 13.2. The molecule has 2 saturated heterocycles. The Bertz CT molecular complexity index is 982. The van der Waals surface area contributed by atoms with Gasteiger partial charge in [0, 0.05) is 30.3 Å². The summed E-state index contributed by atoms with van der Waals surface area (Å²) in [6.07, 6.45) is 1.10. The van der Waals surface area contributed by atoms with E-state index in [0.717, 1.165) is 43.7 Å². The molecular weight excluding hydrogens is 442 g/mol. The Hall–Kier alpha value is -2.48. The number of halogens is 1. The van der Waals surface area contributed by atoms with Gasteiger partial charge in [0.15, 0.2) is 11.5 Å². The van der Waals surface area contributed by atoms with Gasteiger partial charge in [0.25, 0.3) is 0 Å². The van der Waals surface area contributed by atoms with E-state index in [1.54, 1.807) is 0 Å². The van der Waals surface area contributed by atoms with Crippen molar-refractivity contribution in [3.8, 4) is 11.5 Å². The van der Waals surface area contributed by atoms with E-state index >= 15 is 0 Å². The number of aliphatic hydroxyl groups is 1. The van der Waals surface area contributed by atoms with Crippen LogP contribution in [0, 0.1) is 5.92 Å². The van der Waals surface area contributed by atoms with E-state index in [-0.39, 0.29) is 11.8 Å². The van der Waals surface area contributed by atoms with Crippen molar-refractivity contribution in [3.05, 3.63) is 53.1 Å². The molecule has 3 aliphatic heterocycles. The van der Waals surface area contributed by atoms with Crippen LogP contribution in [0.5, 0.6) is 11.5 Å². The molecule has 1 amide bonds. The van der Waals surface area contributed by atoms with Crippen LogP contribution in [0.15, 0.2) is 42.5 Å². The summed E-state index contributed by atoms with van der Waals surface area (Å²) in [7, 11) is 0. The molecule has 3 atom stereocenters. The van der Waals surface area contributed by atoms with Crippen molar-refractivity contribution < 1.29 is 19.4 Å². The van der Waals surface area contributed by atoms with Gasteiger partial charge in [-0.3, -0.25) is 4.79 Å². The predicted octanol–water partition coefficient (Wildman–Crippen LogP) is 2.86. The number of benzene rings is 2. The number of nitrogens with zero attached hydrogens (tertiary/aromatic N) is 2. The fourth-order valence-corrected chi connectivity index (χ4v) is 4.83. The summed E-state index contributed by atoms with van der Waals surface area (Å²) in [5, 5.41) is 15.1. The monoisotopic (exact) mass is 471 g/mol. The van der Waals surface area contributed by atoms with Crippen molar-refractivity contribution >= 4 is 23.2 Å². The number of rotatable bonds is 7. The molecule has 8 heteroatoms. The minimum atomic E-state index is -0.834. The van der Waals surface area contributed by atoms with E-state index in [4.69, 9.17) is 21.1 Å². The summed E-state index contributed by atoms with van der Waals surface area (Å²) >= 11 is 6.01. The van der Waals surface area contributed by atoms with Gasteiger partial charge in [0.1, 0.15) is 19.3 Å². The van der Waals surface area contributed by atoms with E-state index in [0.29, 0.717) is 42.8 Å². The highest BCUT2D eigenvalue weighted by Crippen LogP contribution is 2.34. The third-order valence-corrected chi connectivity index (χ3v) is 7.02. The fraction of sp³-hybridized carbons (Fsp3) is 0.480. The molecule has 7 nitrogen and oxygen atoms in total. The maximum Gasteiger partial charge on any atom is 0.225 e. The molecule has 3 heterocycles. The molecule has 1 unspecified atom stereocenters. The number of nitrogens with one attached hydrogen (secondary N) is 1. The first kappa shape index (κ1) is 22.3. The van der Waals surface area contributed by atoms with Crippen LogP contribution >= 0.6 is 11.6 Å². The predicted molar refractivity (Wildman–Crippen MR) is 127 cm³/mol. The third kappa shape index (κ3) is 5.05. The fourth-order valence-electron chi connectivity index (χ4n) is 4.70. The highest BCUT2D eigenvalue weighted by molar-refractivity contribution is 6.30. The molecule has 2 fully saturated rings. The number of amides is 1. The lowest BCUT2D eigenvalue weighted by atomic mass is 9.98. The van der Waals surface area contributed by atoms with Crippen molar-refractivity contribution in [2.45, 2.75) is 25.0 Å². The molecule has 33 heavy (non-hydrogen) atoms. The Morgan fingerprint density at radius 3 is 2.58 bits per heavy atom. The summed E-state index contributed by atoms with van der Waals surface area (Å²) in [6, 6.07) is 12.8. The zero-order chi connectivity index (χ0) is 22.8. The molecule has 2 aromatic carbocycles. The SMILES string of the molecule is O=C(N[C@H](CN1CCC1)[C@H](O)c1ccc2c(c1)OCCO2)C1CCN(c2ccc(Cl)cc2)C1. The summed E-state index contributed by atoms with van der Waals surface area (Å²) < 4.78 is 11.3. The van der Waals surface area contributed by atoms with Crippen molar-refractivity contribution in [1.29, 1.82) is 0 Å². The average molecular weight is 472 g/mol. The van der Waals surface area contributed by atoms with Crippen LogP contribution in [0.3, 0.4) is 0 Å². The van der Waals surface area contributed by atoms with Crippen molar-refractivity contribution in [2.75, 3.05) is 50.8 Å². The quantitative estimate of drug-likeness (QED) is 0.647. The summed E-state index contributed by atoms with van der Waals surface area (Å²) in [6.45, 7) is 5.10. The molecular formula is C25H30ClN3O4. The Balaban J connectivity index is 1.26. The molecule has 3 aliphatic rings. The second-order valence-electron chi connectivity index (χ2n) is 9.03. The Kier molecular flexibility index (Phi) is 6.62. The molecule has 0 saturated carbocycles. The lowest BCUT2D eigenvalue weighted by Gasteiger charge is -2.36. The van der Waals surface area contributed by atoms with E-state index in [1.807, 2.05) is 42.5 Å². The molecule has 2 N–H and O–H groups in total. The second kappa shape index (κ2) is 9.79. The van der Waals surface area contributed by atoms with Gasteiger partial charge in [0.2, 0.25) is 5.91 Å². The number of hydrogen-bond donors (Lipinski definition) is 2. The molecule has 0 bridgehead atoms. The van der Waals surface area contributed by atoms with Gasteiger partial charge in [-0.05, 0) is 67.9 Å². The normalized spacial score (nSPS) is 21.9. The number of ether oxygens (including phenoxy) is 2. The number of anilines is 1. The Morgan fingerprint density at radius 2 is 1.85 bits per heavy atom. The van der Waals surface area contributed by atoms with E-state index in [9.17, 15) is 9.90 Å². The molecule has 0 aromatic heterocycles. The Morgan fingerprint density at radius 1 is 1.09 bits per heavy atom. The Labute approximate surface area is 199 Å². The minimum absolute atomic E-state index is 0.00594. The van der Waals surface area contributed by atoms with E-state index in [1.165, 1.54) is 0 Å². The van der Waals surface area contributed by atoms with Crippen molar-refractivity contribution in [1.82, 2.24) is 10.2 Å². The van der Waals surface area contributed by atoms with Crippen LogP contribution in [0.4, 0.5) is 5.69 Å². The highest BCUT2D eigenvalue weighted by Gasteiger charge is 2.33. The molecule has 0 spiro atoms. The molecule has 0 aliphatic carbocycles. The number of hydrogen-bond acceptors (Lipinski definition) is 6. The number of fused-ring (bicyclic) bond motifs is 1. The van der Waals surface area contributed by atoms with Crippen LogP contribution in [0.25, 0.3) is 0 Å². The van der Waals surface area contributed by atoms with Crippen LogP contribution in [0.1, 0.15) is 24.5 Å². The van der Waals surface area contributed by atoms with Gasteiger partial charge >= 0.3 is 0 Å². The maximum atomic E-state index is 13.2. The zero-order valence-electron chi connectivity index (χ0n) is 18.6. The van der Waals surface area contributed by atoms with Crippen molar-refractivity contribution in [3.63, 3.8) is 0 Å². The summed E-state index contributed by atoms with van der Waals surface area (Å²) in [4.78, 5) is 17.7. The number of carbonyl (C=O) groups excluding carboxylic acids is 1. The second-order valence-corrected chi connectivity index (χ2v) is 9.46. The lowest BCUT2D eigenvalue weighted by Crippen LogP contribution is -2.52. The van der Waals surface area contributed by atoms with Gasteiger partial charge in [0.05, 0.1) is 12.0 Å². The number of aliphatic hydroxyl groups excluding tert-OH is 1. The van der Waals surface area contributed by atoms with Gasteiger partial charge in [-0.15, -0.1) is 0 Å². The molecule has 176 valence electrons. The average Bonchev–Trinajstić information content (AvgIpc) is 3.30. The number of likely N-dealkylation sites (tertiary alicyclic amines) is 1. The molecule has 5 rings (SSSR count). The number of carbonyl (C=O) groups is 1. The van der Waals surface area contributed by atoms with Crippen LogP contribution in [0.2, 0.25) is 5.02 Å². The van der Waals surface area contributed by atoms with Gasteiger partial charge < -0.3 is 29.7 Å². The topological polar surface area (TPSA) is 74.3 Å². The summed E-state index contributed by atoms with van der Waals surface area (Å²) in [5.74, 6) is 1.20. The van der Waals surface area contributed by atoms with Crippen LogP contribution in [-0.2, 0) is 4.79 Å². The van der Waals surface area contributed by atoms with Crippen LogP contribution < -0.4 is 19.7 Å². The first-order chi connectivity index (χ1) is 16.1. The van der Waals surface area contributed by atoms with Crippen molar-refractivity contribution in [2.24, 2.45) is 5.92 Å². The largest absolute Gasteiger partial charge is 0.486 e. The minimum Gasteiger partial charge on any atom is -0.486 e. The molecule has 0 radical (unpaired) electrons. The van der Waals surface area contributed by atoms with Crippen LogP contribution in [-0.4, -0.2) is 67.9 Å². The summed E-state index contributed by atoms with van der Waals surface area (Å²) in [5.41, 5.74) is 1.79. The lowest BCUT2D eigenvalue weighted by molar-refractivity contribution is -0.126. The standard InChI is InChI=1S/C25H30ClN3O4/c26-19-3-5-20(6-4-19)29-11-8-18(15-29)25(31)27-21(16-28-9-1-10-28)24(30)17-2-7-22-23(14-17)33-13-12-32-22/h2-7,14,18,21,24,30H,1,8-13,15-16H2,(H,27,31)/t18?,21-,24-/m1/s1.